The lowest BCUT2D eigenvalue weighted by Gasteiger charge is -2.34. The van der Waals surface area contributed by atoms with Crippen LogP contribution in [0.5, 0.6) is 0 Å². The molecule has 0 aromatic rings. The Morgan fingerprint density at radius 2 is 2.24 bits per heavy atom. The molecule has 0 amide bonds. The molecule has 1 heterocycles. The zero-order chi connectivity index (χ0) is 12.7. The third kappa shape index (κ3) is 3.97. The lowest BCUT2D eigenvalue weighted by molar-refractivity contribution is 0.154. The summed E-state index contributed by atoms with van der Waals surface area (Å²) in [7, 11) is 1.90. The van der Waals surface area contributed by atoms with Crippen LogP contribution in [-0.2, 0) is 0 Å². The van der Waals surface area contributed by atoms with Gasteiger partial charge >= 0.3 is 0 Å². The summed E-state index contributed by atoms with van der Waals surface area (Å²) in [4.78, 5) is 2.58. The minimum absolute atomic E-state index is 0.307. The van der Waals surface area contributed by atoms with E-state index in [0.29, 0.717) is 0 Å². The fourth-order valence-electron chi connectivity index (χ4n) is 2.74. The second kappa shape index (κ2) is 6.98. The van der Waals surface area contributed by atoms with Crippen LogP contribution in [0.3, 0.4) is 0 Å². The first-order valence-electron chi connectivity index (χ1n) is 7.01. The zero-order valence-corrected chi connectivity index (χ0v) is 11.6. The first-order valence-corrected chi connectivity index (χ1v) is 7.01. The van der Waals surface area contributed by atoms with Gasteiger partial charge in [-0.15, -0.1) is 0 Å². The maximum atomic E-state index is 9.24. The van der Waals surface area contributed by atoms with Crippen molar-refractivity contribution in [2.45, 2.75) is 64.0 Å². The van der Waals surface area contributed by atoms with E-state index in [1.165, 1.54) is 25.8 Å². The summed E-state index contributed by atoms with van der Waals surface area (Å²) in [5.41, 5.74) is -0.307. The number of hydrogen-bond acceptors (Lipinski definition) is 3. The molecule has 3 nitrogen and oxygen atoms in total. The van der Waals surface area contributed by atoms with Gasteiger partial charge in [0.25, 0.3) is 0 Å². The van der Waals surface area contributed by atoms with Crippen molar-refractivity contribution in [3.63, 3.8) is 0 Å². The van der Waals surface area contributed by atoms with Crippen molar-refractivity contribution in [3.05, 3.63) is 0 Å². The van der Waals surface area contributed by atoms with E-state index in [0.717, 1.165) is 31.8 Å². The van der Waals surface area contributed by atoms with Crippen LogP contribution in [0, 0.1) is 11.3 Å². The SMILES string of the molecule is CCC(C#N)(CCCN1CCCCC1C)NC. The van der Waals surface area contributed by atoms with Crippen molar-refractivity contribution in [2.24, 2.45) is 0 Å². The molecule has 0 bridgehead atoms. The van der Waals surface area contributed by atoms with Crippen molar-refractivity contribution in [2.75, 3.05) is 20.1 Å². The van der Waals surface area contributed by atoms with E-state index in [2.05, 4.69) is 30.1 Å². The molecular formula is C14H27N3. The molecule has 2 unspecified atom stereocenters. The van der Waals surface area contributed by atoms with Crippen molar-refractivity contribution in [1.82, 2.24) is 10.2 Å². The van der Waals surface area contributed by atoms with Gasteiger partial charge in [0.05, 0.1) is 6.07 Å². The molecule has 1 saturated heterocycles. The van der Waals surface area contributed by atoms with Gasteiger partial charge in [0.1, 0.15) is 5.54 Å². The Hall–Kier alpha value is -0.590. The molecule has 0 aromatic carbocycles. The lowest BCUT2D eigenvalue weighted by atomic mass is 9.92. The third-order valence-electron chi connectivity index (χ3n) is 4.29. The van der Waals surface area contributed by atoms with Crippen LogP contribution >= 0.6 is 0 Å². The number of rotatable bonds is 6. The predicted molar refractivity (Wildman–Crippen MR) is 71.8 cm³/mol. The summed E-state index contributed by atoms with van der Waals surface area (Å²) >= 11 is 0. The Labute approximate surface area is 106 Å². The van der Waals surface area contributed by atoms with Gasteiger partial charge in [-0.1, -0.05) is 13.3 Å². The van der Waals surface area contributed by atoms with E-state index < -0.39 is 0 Å². The maximum absolute atomic E-state index is 9.24. The molecule has 0 aliphatic carbocycles. The summed E-state index contributed by atoms with van der Waals surface area (Å²) < 4.78 is 0. The van der Waals surface area contributed by atoms with Crippen LogP contribution in [0.15, 0.2) is 0 Å². The van der Waals surface area contributed by atoms with Gasteiger partial charge < -0.3 is 10.2 Å². The Morgan fingerprint density at radius 1 is 1.47 bits per heavy atom. The molecule has 17 heavy (non-hydrogen) atoms. The van der Waals surface area contributed by atoms with Crippen LogP contribution < -0.4 is 5.32 Å². The molecule has 1 fully saturated rings. The summed E-state index contributed by atoms with van der Waals surface area (Å²) in [6.45, 7) is 6.80. The third-order valence-corrected chi connectivity index (χ3v) is 4.29. The molecule has 2 atom stereocenters. The largest absolute Gasteiger partial charge is 0.302 e. The monoisotopic (exact) mass is 237 g/mol. The van der Waals surface area contributed by atoms with Gasteiger partial charge in [-0.2, -0.15) is 5.26 Å². The number of hydrogen-bond donors (Lipinski definition) is 1. The molecular weight excluding hydrogens is 210 g/mol. The second-order valence-corrected chi connectivity index (χ2v) is 5.28. The highest BCUT2D eigenvalue weighted by Crippen LogP contribution is 2.20. The number of likely N-dealkylation sites (tertiary alicyclic amines) is 1. The summed E-state index contributed by atoms with van der Waals surface area (Å²) in [6.07, 6.45) is 7.02. The molecule has 1 aliphatic heterocycles. The van der Waals surface area contributed by atoms with E-state index in [4.69, 9.17) is 0 Å². The van der Waals surface area contributed by atoms with E-state index >= 15 is 0 Å². The van der Waals surface area contributed by atoms with Gasteiger partial charge in [0.2, 0.25) is 0 Å². The Bertz CT molecular complexity index is 253. The van der Waals surface area contributed by atoms with E-state index in [-0.39, 0.29) is 5.54 Å². The molecule has 1 aliphatic rings. The van der Waals surface area contributed by atoms with Crippen LogP contribution in [0.25, 0.3) is 0 Å². The predicted octanol–water partition coefficient (Wildman–Crippen LogP) is 2.53. The van der Waals surface area contributed by atoms with Gasteiger partial charge in [-0.05, 0) is 59.2 Å². The minimum Gasteiger partial charge on any atom is -0.302 e. The average Bonchev–Trinajstić information content (AvgIpc) is 2.37. The van der Waals surface area contributed by atoms with Crippen molar-refractivity contribution < 1.29 is 0 Å². The summed E-state index contributed by atoms with van der Waals surface area (Å²) in [6, 6.07) is 3.17. The van der Waals surface area contributed by atoms with Crippen LogP contribution in [-0.4, -0.2) is 36.6 Å². The first-order chi connectivity index (χ1) is 8.17. The first kappa shape index (κ1) is 14.5. The molecule has 0 aromatic heterocycles. The van der Waals surface area contributed by atoms with Crippen LogP contribution in [0.2, 0.25) is 0 Å². The zero-order valence-electron chi connectivity index (χ0n) is 11.6. The normalized spacial score (nSPS) is 25.2. The topological polar surface area (TPSA) is 39.1 Å². The fraction of sp³-hybridized carbons (Fsp3) is 0.929. The second-order valence-electron chi connectivity index (χ2n) is 5.28. The molecule has 0 spiro atoms. The quantitative estimate of drug-likeness (QED) is 0.771. The minimum atomic E-state index is -0.307. The van der Waals surface area contributed by atoms with Gasteiger partial charge in [-0.3, -0.25) is 0 Å². The molecule has 3 heteroatoms. The number of nitrogens with one attached hydrogen (secondary N) is 1. The van der Waals surface area contributed by atoms with E-state index in [1.807, 2.05) is 7.05 Å². The number of nitriles is 1. The highest BCUT2D eigenvalue weighted by Gasteiger charge is 2.26. The Balaban J connectivity index is 2.33. The van der Waals surface area contributed by atoms with Gasteiger partial charge in [0, 0.05) is 6.04 Å². The Kier molecular flexibility index (Phi) is 5.94. The van der Waals surface area contributed by atoms with Crippen molar-refractivity contribution in [3.8, 4) is 6.07 Å². The smallest absolute Gasteiger partial charge is 0.106 e. The standard InChI is InChI=1S/C14H27N3/c1-4-14(12-15,16-3)9-7-11-17-10-6-5-8-13(17)2/h13,16H,4-11H2,1-3H3. The Morgan fingerprint density at radius 3 is 2.76 bits per heavy atom. The molecule has 0 radical (unpaired) electrons. The lowest BCUT2D eigenvalue weighted by Crippen LogP contribution is -2.43. The molecule has 1 N–H and O–H groups in total. The number of nitrogens with zero attached hydrogens (tertiary/aromatic N) is 2. The van der Waals surface area contributed by atoms with E-state index in [9.17, 15) is 5.26 Å². The maximum Gasteiger partial charge on any atom is 0.106 e. The van der Waals surface area contributed by atoms with Crippen molar-refractivity contribution >= 4 is 0 Å². The fourth-order valence-corrected chi connectivity index (χ4v) is 2.74. The highest BCUT2D eigenvalue weighted by molar-refractivity contribution is 5.05. The molecule has 1 rings (SSSR count). The summed E-state index contributed by atoms with van der Waals surface area (Å²) in [5, 5.41) is 12.4. The number of piperidine rings is 1. The van der Waals surface area contributed by atoms with E-state index in [1.54, 1.807) is 0 Å². The van der Waals surface area contributed by atoms with Crippen molar-refractivity contribution in [1.29, 1.82) is 5.26 Å². The summed E-state index contributed by atoms with van der Waals surface area (Å²) in [5.74, 6) is 0. The molecule has 98 valence electrons. The highest BCUT2D eigenvalue weighted by atomic mass is 15.2. The van der Waals surface area contributed by atoms with Gasteiger partial charge in [0.15, 0.2) is 0 Å². The van der Waals surface area contributed by atoms with Gasteiger partial charge in [-0.25, -0.2) is 0 Å². The average molecular weight is 237 g/mol. The molecule has 0 saturated carbocycles. The van der Waals surface area contributed by atoms with Crippen LogP contribution in [0.1, 0.15) is 52.4 Å². The van der Waals surface area contributed by atoms with Crippen LogP contribution in [0.4, 0.5) is 0 Å².